The molecule has 0 bridgehead atoms. The molecule has 0 amide bonds. The van der Waals surface area contributed by atoms with Crippen molar-refractivity contribution in [3.05, 3.63) is 24.0 Å². The Kier molecular flexibility index (Phi) is 7.30. The van der Waals surface area contributed by atoms with E-state index in [0.717, 1.165) is 19.4 Å². The third-order valence-corrected chi connectivity index (χ3v) is 5.24. The molecule has 0 saturated heterocycles. The van der Waals surface area contributed by atoms with Gasteiger partial charge in [0.2, 0.25) is 0 Å². The van der Waals surface area contributed by atoms with Gasteiger partial charge in [-0.25, -0.2) is 8.42 Å². The van der Waals surface area contributed by atoms with Crippen molar-refractivity contribution < 1.29 is 8.42 Å². The van der Waals surface area contributed by atoms with Gasteiger partial charge in [-0.3, -0.25) is 0 Å². The van der Waals surface area contributed by atoms with Gasteiger partial charge in [-0.05, 0) is 37.4 Å². The first-order chi connectivity index (χ1) is 9.52. The highest BCUT2D eigenvalue weighted by Crippen LogP contribution is 2.17. The Morgan fingerprint density at radius 3 is 2.55 bits per heavy atom. The molecule has 1 unspecified atom stereocenters. The molecule has 20 heavy (non-hydrogen) atoms. The Morgan fingerprint density at radius 2 is 1.95 bits per heavy atom. The van der Waals surface area contributed by atoms with Crippen LogP contribution in [-0.2, 0) is 16.4 Å². The van der Waals surface area contributed by atoms with E-state index >= 15 is 0 Å². The SMILES string of the molecule is CCCNC(CC)c1ccn(CCS(=O)(=O)CCC)c1. The second kappa shape index (κ2) is 8.47. The van der Waals surface area contributed by atoms with Crippen LogP contribution in [-0.4, -0.2) is 31.0 Å². The minimum absolute atomic E-state index is 0.230. The second-order valence-electron chi connectivity index (χ2n) is 5.25. The molecule has 1 N–H and O–H groups in total. The molecule has 1 rings (SSSR count). The third-order valence-electron chi connectivity index (χ3n) is 3.40. The fraction of sp³-hybridized carbons (Fsp3) is 0.733. The van der Waals surface area contributed by atoms with Crippen molar-refractivity contribution in [1.82, 2.24) is 9.88 Å². The van der Waals surface area contributed by atoms with Crippen molar-refractivity contribution >= 4 is 9.84 Å². The van der Waals surface area contributed by atoms with Crippen molar-refractivity contribution in [3.8, 4) is 0 Å². The molecule has 1 atom stereocenters. The highest BCUT2D eigenvalue weighted by molar-refractivity contribution is 7.91. The van der Waals surface area contributed by atoms with Crippen LogP contribution in [0.3, 0.4) is 0 Å². The summed E-state index contributed by atoms with van der Waals surface area (Å²) in [5.74, 6) is 0.519. The first kappa shape index (κ1) is 17.2. The largest absolute Gasteiger partial charge is 0.353 e. The van der Waals surface area contributed by atoms with Crippen molar-refractivity contribution in [2.45, 2.75) is 52.6 Å². The maximum absolute atomic E-state index is 11.7. The maximum Gasteiger partial charge on any atom is 0.152 e. The highest BCUT2D eigenvalue weighted by atomic mass is 32.2. The molecule has 1 aromatic heterocycles. The van der Waals surface area contributed by atoms with Gasteiger partial charge in [-0.15, -0.1) is 0 Å². The predicted octanol–water partition coefficient (Wildman–Crippen LogP) is 2.76. The van der Waals surface area contributed by atoms with E-state index in [1.165, 1.54) is 5.56 Å². The van der Waals surface area contributed by atoms with Gasteiger partial charge in [0.25, 0.3) is 0 Å². The molecule has 0 radical (unpaired) electrons. The molecule has 0 aliphatic carbocycles. The zero-order valence-electron chi connectivity index (χ0n) is 12.9. The second-order valence-corrected chi connectivity index (χ2v) is 7.55. The highest BCUT2D eigenvalue weighted by Gasteiger charge is 2.12. The van der Waals surface area contributed by atoms with E-state index in [1.807, 2.05) is 17.7 Å². The standard InChI is InChI=1S/C15H28N2O2S/c1-4-8-16-15(6-3)14-7-9-17(13-14)10-12-20(18,19)11-5-2/h7,9,13,15-16H,4-6,8,10-12H2,1-3H3. The van der Waals surface area contributed by atoms with Crippen molar-refractivity contribution in [3.63, 3.8) is 0 Å². The van der Waals surface area contributed by atoms with Gasteiger partial charge in [0.05, 0.1) is 5.75 Å². The van der Waals surface area contributed by atoms with Crippen LogP contribution in [0.15, 0.2) is 18.5 Å². The molecule has 5 heteroatoms. The number of sulfone groups is 1. The van der Waals surface area contributed by atoms with Crippen LogP contribution < -0.4 is 5.32 Å². The lowest BCUT2D eigenvalue weighted by Gasteiger charge is -2.15. The quantitative estimate of drug-likeness (QED) is 0.723. The Morgan fingerprint density at radius 1 is 1.20 bits per heavy atom. The lowest BCUT2D eigenvalue weighted by atomic mass is 10.1. The minimum Gasteiger partial charge on any atom is -0.353 e. The molecule has 0 aliphatic heterocycles. The van der Waals surface area contributed by atoms with E-state index < -0.39 is 9.84 Å². The molecule has 0 aliphatic rings. The summed E-state index contributed by atoms with van der Waals surface area (Å²) in [6, 6.07) is 2.45. The van der Waals surface area contributed by atoms with Crippen LogP contribution in [0.25, 0.3) is 0 Å². The van der Waals surface area contributed by atoms with Crippen LogP contribution in [0.4, 0.5) is 0 Å². The first-order valence-corrected chi connectivity index (χ1v) is 9.44. The zero-order chi connectivity index (χ0) is 15.0. The van der Waals surface area contributed by atoms with E-state index in [1.54, 1.807) is 0 Å². The summed E-state index contributed by atoms with van der Waals surface area (Å²) in [5.41, 5.74) is 1.24. The normalized spacial score (nSPS) is 13.6. The van der Waals surface area contributed by atoms with E-state index in [-0.39, 0.29) is 11.5 Å². The minimum atomic E-state index is -2.90. The molecule has 0 fully saturated rings. The lowest BCUT2D eigenvalue weighted by Crippen LogP contribution is -2.21. The predicted molar refractivity (Wildman–Crippen MR) is 84.7 cm³/mol. The number of nitrogens with zero attached hydrogens (tertiary/aromatic N) is 1. The number of rotatable bonds is 10. The Hall–Kier alpha value is -0.810. The van der Waals surface area contributed by atoms with Gasteiger partial charge in [0.1, 0.15) is 0 Å². The topological polar surface area (TPSA) is 51.1 Å². The van der Waals surface area contributed by atoms with Crippen LogP contribution >= 0.6 is 0 Å². The summed E-state index contributed by atoms with van der Waals surface area (Å²) in [7, 11) is -2.90. The van der Waals surface area contributed by atoms with Crippen LogP contribution in [0, 0.1) is 0 Å². The molecule has 0 aromatic carbocycles. The first-order valence-electron chi connectivity index (χ1n) is 7.61. The number of aromatic nitrogens is 1. The van der Waals surface area contributed by atoms with Gasteiger partial charge in [0, 0.05) is 30.7 Å². The average Bonchev–Trinajstić information content (AvgIpc) is 2.86. The fourth-order valence-electron chi connectivity index (χ4n) is 2.28. The number of nitrogens with one attached hydrogen (secondary N) is 1. The van der Waals surface area contributed by atoms with Gasteiger partial charge >= 0.3 is 0 Å². The summed E-state index contributed by atoms with van der Waals surface area (Å²) in [6.07, 6.45) is 6.90. The van der Waals surface area contributed by atoms with Crippen LogP contribution in [0.2, 0.25) is 0 Å². The summed E-state index contributed by atoms with van der Waals surface area (Å²) >= 11 is 0. The van der Waals surface area contributed by atoms with Crippen LogP contribution in [0.5, 0.6) is 0 Å². The average molecular weight is 300 g/mol. The van der Waals surface area contributed by atoms with E-state index in [4.69, 9.17) is 0 Å². The monoisotopic (exact) mass is 300 g/mol. The number of hydrogen-bond donors (Lipinski definition) is 1. The van der Waals surface area contributed by atoms with Gasteiger partial charge < -0.3 is 9.88 Å². The smallest absolute Gasteiger partial charge is 0.152 e. The van der Waals surface area contributed by atoms with Crippen molar-refractivity contribution in [2.75, 3.05) is 18.1 Å². The Labute approximate surface area is 123 Å². The molecule has 116 valence electrons. The molecule has 1 heterocycles. The number of hydrogen-bond acceptors (Lipinski definition) is 3. The van der Waals surface area contributed by atoms with Crippen molar-refractivity contribution in [2.24, 2.45) is 0 Å². The summed E-state index contributed by atoms with van der Waals surface area (Å²) in [5, 5.41) is 3.51. The molecule has 0 spiro atoms. The fourth-order valence-corrected chi connectivity index (χ4v) is 3.59. The van der Waals surface area contributed by atoms with E-state index in [0.29, 0.717) is 19.0 Å². The zero-order valence-corrected chi connectivity index (χ0v) is 13.7. The summed E-state index contributed by atoms with van der Waals surface area (Å²) in [4.78, 5) is 0. The van der Waals surface area contributed by atoms with Crippen LogP contribution in [0.1, 0.15) is 51.6 Å². The third kappa shape index (κ3) is 5.67. The molecule has 0 saturated carbocycles. The maximum atomic E-state index is 11.7. The number of aryl methyl sites for hydroxylation is 1. The molecular formula is C15H28N2O2S. The van der Waals surface area contributed by atoms with Crippen molar-refractivity contribution in [1.29, 1.82) is 0 Å². The van der Waals surface area contributed by atoms with Gasteiger partial charge in [-0.1, -0.05) is 20.8 Å². The molecular weight excluding hydrogens is 272 g/mol. The lowest BCUT2D eigenvalue weighted by molar-refractivity contribution is 0.517. The molecule has 1 aromatic rings. The summed E-state index contributed by atoms with van der Waals surface area (Å²) < 4.78 is 25.4. The van der Waals surface area contributed by atoms with Gasteiger partial charge in [-0.2, -0.15) is 0 Å². The van der Waals surface area contributed by atoms with Gasteiger partial charge in [0.15, 0.2) is 9.84 Å². The molecule has 4 nitrogen and oxygen atoms in total. The van der Waals surface area contributed by atoms with E-state index in [2.05, 4.69) is 31.4 Å². The summed E-state index contributed by atoms with van der Waals surface area (Å²) in [6.45, 7) is 7.78. The van der Waals surface area contributed by atoms with E-state index in [9.17, 15) is 8.42 Å². The Bertz CT molecular complexity index is 480. The Balaban J connectivity index is 2.58.